The molecule has 0 radical (unpaired) electrons. The standard InChI is InChI=1S/C16H11NOS2/c18-15(11-8-14-13(17-9-11)5-7-19-14)12-3-1-2-10-4-6-20-16(10)12/h1-9,15,18H. The van der Waals surface area contributed by atoms with Crippen molar-refractivity contribution in [1.29, 1.82) is 0 Å². The number of thiophene rings is 2. The number of aliphatic hydroxyl groups excluding tert-OH is 1. The summed E-state index contributed by atoms with van der Waals surface area (Å²) in [7, 11) is 0. The minimum absolute atomic E-state index is 0.628. The summed E-state index contributed by atoms with van der Waals surface area (Å²) in [6, 6.07) is 12.2. The molecule has 3 aromatic heterocycles. The zero-order chi connectivity index (χ0) is 13.5. The second-order valence-electron chi connectivity index (χ2n) is 4.66. The van der Waals surface area contributed by atoms with Gasteiger partial charge in [0.05, 0.1) is 10.2 Å². The van der Waals surface area contributed by atoms with E-state index in [0.29, 0.717) is 0 Å². The highest BCUT2D eigenvalue weighted by molar-refractivity contribution is 7.17. The molecule has 4 aromatic rings. The van der Waals surface area contributed by atoms with Gasteiger partial charge in [0.15, 0.2) is 0 Å². The van der Waals surface area contributed by atoms with Crippen LogP contribution in [0.5, 0.6) is 0 Å². The number of hydrogen-bond donors (Lipinski definition) is 1. The molecule has 0 amide bonds. The summed E-state index contributed by atoms with van der Waals surface area (Å²) in [6.45, 7) is 0. The molecule has 0 bridgehead atoms. The molecule has 0 fully saturated rings. The first kappa shape index (κ1) is 12.0. The maximum Gasteiger partial charge on any atom is 0.107 e. The molecular weight excluding hydrogens is 286 g/mol. The number of pyridine rings is 1. The van der Waals surface area contributed by atoms with Crippen LogP contribution in [0.4, 0.5) is 0 Å². The van der Waals surface area contributed by atoms with Crippen molar-refractivity contribution < 1.29 is 5.11 Å². The maximum atomic E-state index is 10.7. The predicted octanol–water partition coefficient (Wildman–Crippen LogP) is 4.59. The van der Waals surface area contributed by atoms with E-state index in [4.69, 9.17) is 0 Å². The van der Waals surface area contributed by atoms with Crippen LogP contribution in [0, 0.1) is 0 Å². The van der Waals surface area contributed by atoms with Gasteiger partial charge in [0.2, 0.25) is 0 Å². The molecule has 4 heteroatoms. The number of aromatic nitrogens is 1. The summed E-state index contributed by atoms with van der Waals surface area (Å²) in [6.07, 6.45) is 1.14. The molecule has 98 valence electrons. The van der Waals surface area contributed by atoms with Gasteiger partial charge < -0.3 is 5.11 Å². The lowest BCUT2D eigenvalue weighted by Crippen LogP contribution is -2.00. The molecule has 0 aliphatic rings. The van der Waals surface area contributed by atoms with Crippen LogP contribution in [0.1, 0.15) is 17.2 Å². The Hall–Kier alpha value is -1.75. The molecule has 0 saturated carbocycles. The lowest BCUT2D eigenvalue weighted by atomic mass is 10.0. The van der Waals surface area contributed by atoms with Gasteiger partial charge in [-0.15, -0.1) is 22.7 Å². The van der Waals surface area contributed by atoms with Crippen LogP contribution in [0.2, 0.25) is 0 Å². The van der Waals surface area contributed by atoms with Crippen LogP contribution in [-0.4, -0.2) is 10.1 Å². The Balaban J connectivity index is 1.86. The molecule has 4 rings (SSSR count). The Bertz CT molecular complexity index is 893. The summed E-state index contributed by atoms with van der Waals surface area (Å²) >= 11 is 3.31. The second kappa shape index (κ2) is 4.66. The van der Waals surface area contributed by atoms with Crippen molar-refractivity contribution in [2.24, 2.45) is 0 Å². The topological polar surface area (TPSA) is 33.1 Å². The number of fused-ring (bicyclic) bond motifs is 2. The molecule has 1 N–H and O–H groups in total. The molecular formula is C16H11NOS2. The summed E-state index contributed by atoms with van der Waals surface area (Å²) in [5.41, 5.74) is 2.79. The van der Waals surface area contributed by atoms with E-state index in [9.17, 15) is 5.11 Å². The van der Waals surface area contributed by atoms with E-state index in [-0.39, 0.29) is 0 Å². The second-order valence-corrected chi connectivity index (χ2v) is 6.53. The highest BCUT2D eigenvalue weighted by Crippen LogP contribution is 2.33. The van der Waals surface area contributed by atoms with Gasteiger partial charge in [-0.1, -0.05) is 18.2 Å². The third-order valence-electron chi connectivity index (χ3n) is 3.44. The molecule has 1 atom stereocenters. The molecule has 0 saturated heterocycles. The van der Waals surface area contributed by atoms with Crippen LogP contribution in [-0.2, 0) is 0 Å². The minimum atomic E-state index is -0.628. The Kier molecular flexibility index (Phi) is 2.80. The van der Waals surface area contributed by atoms with Crippen LogP contribution in [0.3, 0.4) is 0 Å². The Morgan fingerprint density at radius 1 is 1.05 bits per heavy atom. The first-order valence-corrected chi connectivity index (χ1v) is 8.06. The Morgan fingerprint density at radius 2 is 1.95 bits per heavy atom. The van der Waals surface area contributed by atoms with Gasteiger partial charge in [0, 0.05) is 22.0 Å². The van der Waals surface area contributed by atoms with E-state index in [1.807, 2.05) is 29.6 Å². The van der Waals surface area contributed by atoms with Gasteiger partial charge in [0.25, 0.3) is 0 Å². The highest BCUT2D eigenvalue weighted by Gasteiger charge is 2.15. The Labute approximate surface area is 124 Å². The number of benzene rings is 1. The van der Waals surface area contributed by atoms with E-state index in [1.165, 1.54) is 5.39 Å². The molecule has 1 aromatic carbocycles. The van der Waals surface area contributed by atoms with Gasteiger partial charge in [0.1, 0.15) is 6.10 Å². The first-order valence-electron chi connectivity index (χ1n) is 6.30. The summed E-state index contributed by atoms with van der Waals surface area (Å²) in [5.74, 6) is 0. The number of rotatable bonds is 2. The molecule has 0 aliphatic heterocycles. The largest absolute Gasteiger partial charge is 0.384 e. The monoisotopic (exact) mass is 297 g/mol. The third kappa shape index (κ3) is 1.85. The van der Waals surface area contributed by atoms with Crippen molar-refractivity contribution >= 4 is 43.0 Å². The fraction of sp³-hybridized carbons (Fsp3) is 0.0625. The van der Waals surface area contributed by atoms with Crippen molar-refractivity contribution in [3.8, 4) is 0 Å². The van der Waals surface area contributed by atoms with E-state index >= 15 is 0 Å². The molecule has 0 aliphatic carbocycles. The first-order chi connectivity index (χ1) is 9.83. The van der Waals surface area contributed by atoms with Crippen molar-refractivity contribution in [1.82, 2.24) is 4.98 Å². The lowest BCUT2D eigenvalue weighted by Gasteiger charge is -2.12. The predicted molar refractivity (Wildman–Crippen MR) is 85.5 cm³/mol. The molecule has 1 unspecified atom stereocenters. The van der Waals surface area contributed by atoms with E-state index < -0.39 is 6.10 Å². The van der Waals surface area contributed by atoms with Crippen molar-refractivity contribution in [3.05, 3.63) is 64.5 Å². The van der Waals surface area contributed by atoms with E-state index in [0.717, 1.165) is 26.0 Å². The van der Waals surface area contributed by atoms with Crippen molar-refractivity contribution in [2.45, 2.75) is 6.10 Å². The highest BCUT2D eigenvalue weighted by atomic mass is 32.1. The molecule has 20 heavy (non-hydrogen) atoms. The van der Waals surface area contributed by atoms with Gasteiger partial charge in [-0.05, 0) is 34.3 Å². The van der Waals surface area contributed by atoms with Crippen LogP contribution < -0.4 is 0 Å². The molecule has 2 nitrogen and oxygen atoms in total. The molecule has 3 heterocycles. The quantitative estimate of drug-likeness (QED) is 0.587. The van der Waals surface area contributed by atoms with Crippen LogP contribution in [0.25, 0.3) is 20.3 Å². The number of hydrogen-bond acceptors (Lipinski definition) is 4. The van der Waals surface area contributed by atoms with E-state index in [2.05, 4.69) is 22.5 Å². The summed E-state index contributed by atoms with van der Waals surface area (Å²) < 4.78 is 2.26. The SMILES string of the molecule is OC(c1cnc2ccsc2c1)c1cccc2ccsc12. The number of nitrogens with zero attached hydrogens (tertiary/aromatic N) is 1. The van der Waals surface area contributed by atoms with E-state index in [1.54, 1.807) is 28.9 Å². The summed E-state index contributed by atoms with van der Waals surface area (Å²) in [5, 5.41) is 15.9. The average Bonchev–Trinajstić information content (AvgIpc) is 3.13. The fourth-order valence-electron chi connectivity index (χ4n) is 2.42. The molecule has 0 spiro atoms. The zero-order valence-electron chi connectivity index (χ0n) is 10.5. The van der Waals surface area contributed by atoms with Crippen molar-refractivity contribution in [3.63, 3.8) is 0 Å². The summed E-state index contributed by atoms with van der Waals surface area (Å²) in [4.78, 5) is 4.41. The maximum absolute atomic E-state index is 10.7. The van der Waals surface area contributed by atoms with Crippen LogP contribution >= 0.6 is 22.7 Å². The van der Waals surface area contributed by atoms with Crippen LogP contribution in [0.15, 0.2) is 53.4 Å². The fourth-order valence-corrected chi connectivity index (χ4v) is 4.15. The Morgan fingerprint density at radius 3 is 2.90 bits per heavy atom. The van der Waals surface area contributed by atoms with Gasteiger partial charge in [-0.3, -0.25) is 4.98 Å². The zero-order valence-corrected chi connectivity index (χ0v) is 12.1. The minimum Gasteiger partial charge on any atom is -0.384 e. The third-order valence-corrected chi connectivity index (χ3v) is 5.28. The van der Waals surface area contributed by atoms with Gasteiger partial charge in [-0.25, -0.2) is 0 Å². The average molecular weight is 297 g/mol. The van der Waals surface area contributed by atoms with Crippen molar-refractivity contribution in [2.75, 3.05) is 0 Å². The number of aliphatic hydroxyl groups is 1. The normalized spacial score (nSPS) is 13.1. The van der Waals surface area contributed by atoms with Gasteiger partial charge >= 0.3 is 0 Å². The lowest BCUT2D eigenvalue weighted by molar-refractivity contribution is 0.222. The smallest absolute Gasteiger partial charge is 0.107 e. The van der Waals surface area contributed by atoms with Gasteiger partial charge in [-0.2, -0.15) is 0 Å².